The average molecular weight is 210 g/mol. The van der Waals surface area contributed by atoms with E-state index in [9.17, 15) is 4.79 Å². The first-order valence-electron chi connectivity index (χ1n) is 5.68. The molecule has 0 fully saturated rings. The molecule has 0 spiro atoms. The number of rotatable bonds is 6. The van der Waals surface area contributed by atoms with E-state index >= 15 is 0 Å². The molecule has 1 amide bonds. The van der Waals surface area contributed by atoms with E-state index in [2.05, 4.69) is 26.8 Å². The third-order valence-electron chi connectivity index (χ3n) is 2.45. The van der Waals surface area contributed by atoms with Gasteiger partial charge >= 0.3 is 0 Å². The Morgan fingerprint density at radius 1 is 1.47 bits per heavy atom. The van der Waals surface area contributed by atoms with Gasteiger partial charge in [0, 0.05) is 13.5 Å². The molecule has 0 bridgehead atoms. The fourth-order valence-corrected chi connectivity index (χ4v) is 1.42. The number of hydrogen-bond acceptors (Lipinski definition) is 2. The number of hydrogen-bond donors (Lipinski definition) is 0. The lowest BCUT2D eigenvalue weighted by Gasteiger charge is -2.24. The van der Waals surface area contributed by atoms with E-state index in [1.54, 1.807) is 11.9 Å². The second-order valence-electron chi connectivity index (χ2n) is 4.38. The van der Waals surface area contributed by atoms with Crippen LogP contribution in [0.15, 0.2) is 0 Å². The third kappa shape index (κ3) is 5.41. The van der Waals surface area contributed by atoms with Crippen LogP contribution >= 0.6 is 0 Å². The smallest absolute Gasteiger partial charge is 0.223 e. The second kappa shape index (κ2) is 7.28. The summed E-state index contributed by atoms with van der Waals surface area (Å²) in [6.45, 7) is 6.19. The summed E-state index contributed by atoms with van der Waals surface area (Å²) in [5, 5.41) is 8.98. The minimum Gasteiger partial charge on any atom is -0.330 e. The minimum absolute atomic E-state index is 0.0871. The van der Waals surface area contributed by atoms with Crippen LogP contribution in [0.2, 0.25) is 0 Å². The molecule has 0 saturated carbocycles. The van der Waals surface area contributed by atoms with Crippen LogP contribution in [0, 0.1) is 17.2 Å². The van der Waals surface area contributed by atoms with Crippen molar-refractivity contribution in [3.8, 4) is 6.07 Å². The zero-order chi connectivity index (χ0) is 11.8. The summed E-state index contributed by atoms with van der Waals surface area (Å²) in [7, 11) is 1.73. The van der Waals surface area contributed by atoms with E-state index in [1.165, 1.54) is 0 Å². The Bertz CT molecular complexity index is 230. The number of nitrogens with zero attached hydrogens (tertiary/aromatic N) is 2. The van der Waals surface area contributed by atoms with Crippen LogP contribution in [-0.4, -0.2) is 23.9 Å². The first kappa shape index (κ1) is 14.0. The normalized spacial score (nSPS) is 12.3. The highest BCUT2D eigenvalue weighted by molar-refractivity contribution is 5.76. The maximum Gasteiger partial charge on any atom is 0.223 e. The van der Waals surface area contributed by atoms with Crippen molar-refractivity contribution in [3.63, 3.8) is 0 Å². The van der Waals surface area contributed by atoms with Gasteiger partial charge in [0.05, 0.1) is 6.07 Å². The van der Waals surface area contributed by atoms with Crippen molar-refractivity contribution in [1.29, 1.82) is 5.26 Å². The van der Waals surface area contributed by atoms with Gasteiger partial charge < -0.3 is 4.90 Å². The van der Waals surface area contributed by atoms with E-state index in [0.717, 1.165) is 19.3 Å². The molecule has 0 saturated heterocycles. The average Bonchev–Trinajstić information content (AvgIpc) is 2.21. The topological polar surface area (TPSA) is 44.1 Å². The Labute approximate surface area is 93.1 Å². The predicted octanol–water partition coefficient (Wildman–Crippen LogP) is 2.57. The van der Waals surface area contributed by atoms with Crippen molar-refractivity contribution in [1.82, 2.24) is 4.90 Å². The number of unbranched alkanes of at least 4 members (excludes halogenated alkanes) is 1. The number of carbonyl (C=O) groups is 1. The first-order valence-corrected chi connectivity index (χ1v) is 5.68. The second-order valence-corrected chi connectivity index (χ2v) is 4.38. The van der Waals surface area contributed by atoms with Crippen molar-refractivity contribution >= 4 is 5.91 Å². The van der Waals surface area contributed by atoms with Crippen LogP contribution in [0.4, 0.5) is 0 Å². The zero-order valence-corrected chi connectivity index (χ0v) is 10.3. The molecule has 0 N–H and O–H groups in total. The lowest BCUT2D eigenvalue weighted by Crippen LogP contribution is -2.36. The van der Waals surface area contributed by atoms with Crippen molar-refractivity contribution in [2.24, 2.45) is 5.92 Å². The van der Waals surface area contributed by atoms with Crippen molar-refractivity contribution < 1.29 is 4.79 Å². The van der Waals surface area contributed by atoms with Gasteiger partial charge in [-0.2, -0.15) is 5.26 Å². The molecule has 1 atom stereocenters. The highest BCUT2D eigenvalue weighted by atomic mass is 16.2. The maximum atomic E-state index is 11.7. The van der Waals surface area contributed by atoms with Gasteiger partial charge in [-0.3, -0.25) is 4.79 Å². The van der Waals surface area contributed by atoms with Gasteiger partial charge in [-0.15, -0.1) is 0 Å². The number of nitriles is 1. The van der Waals surface area contributed by atoms with Gasteiger partial charge in [-0.25, -0.2) is 0 Å². The Kier molecular flexibility index (Phi) is 6.77. The van der Waals surface area contributed by atoms with E-state index in [0.29, 0.717) is 12.3 Å². The van der Waals surface area contributed by atoms with Crippen molar-refractivity contribution in [3.05, 3.63) is 0 Å². The molecule has 0 aliphatic carbocycles. The molecule has 3 heteroatoms. The first-order chi connectivity index (χ1) is 7.02. The molecule has 15 heavy (non-hydrogen) atoms. The van der Waals surface area contributed by atoms with Crippen molar-refractivity contribution in [2.45, 2.75) is 52.5 Å². The number of carbonyl (C=O) groups excluding carboxylic acids is 1. The maximum absolute atomic E-state index is 11.7. The fraction of sp³-hybridized carbons (Fsp3) is 0.833. The summed E-state index contributed by atoms with van der Waals surface area (Å²) in [5.74, 6) is 0.528. The van der Waals surface area contributed by atoms with Gasteiger partial charge in [0.1, 0.15) is 6.04 Å². The van der Waals surface area contributed by atoms with Crippen LogP contribution in [0.3, 0.4) is 0 Å². The van der Waals surface area contributed by atoms with Crippen LogP contribution in [0.25, 0.3) is 0 Å². The van der Waals surface area contributed by atoms with E-state index in [-0.39, 0.29) is 11.9 Å². The predicted molar refractivity (Wildman–Crippen MR) is 61.2 cm³/mol. The van der Waals surface area contributed by atoms with E-state index < -0.39 is 0 Å². The molecule has 3 nitrogen and oxygen atoms in total. The van der Waals surface area contributed by atoms with Crippen LogP contribution in [0.1, 0.15) is 46.5 Å². The monoisotopic (exact) mass is 210 g/mol. The summed E-state index contributed by atoms with van der Waals surface area (Å²) in [5.41, 5.74) is 0. The molecule has 0 aromatic heterocycles. The van der Waals surface area contributed by atoms with E-state index in [4.69, 9.17) is 5.26 Å². The van der Waals surface area contributed by atoms with Crippen LogP contribution in [-0.2, 0) is 4.79 Å². The quantitative estimate of drug-likeness (QED) is 0.676. The standard InChI is InChI=1S/C12H22N2O/c1-5-6-7-12(15)14(4)11(9-13)8-10(2)3/h10-11H,5-8H2,1-4H3. The molecule has 0 aliphatic heterocycles. The number of amides is 1. The summed E-state index contributed by atoms with van der Waals surface area (Å²) in [6.07, 6.45) is 3.23. The van der Waals surface area contributed by atoms with E-state index in [1.807, 2.05) is 0 Å². The van der Waals surface area contributed by atoms with Crippen LogP contribution in [0.5, 0.6) is 0 Å². The zero-order valence-electron chi connectivity index (χ0n) is 10.3. The van der Waals surface area contributed by atoms with Gasteiger partial charge in [0.25, 0.3) is 0 Å². The summed E-state index contributed by atoms with van der Waals surface area (Å²) in [4.78, 5) is 13.3. The molecular weight excluding hydrogens is 188 g/mol. The summed E-state index contributed by atoms with van der Waals surface area (Å²) < 4.78 is 0. The Hall–Kier alpha value is -1.04. The lowest BCUT2D eigenvalue weighted by molar-refractivity contribution is -0.131. The highest BCUT2D eigenvalue weighted by Crippen LogP contribution is 2.11. The minimum atomic E-state index is -0.269. The Morgan fingerprint density at radius 2 is 2.07 bits per heavy atom. The molecule has 1 unspecified atom stereocenters. The fourth-order valence-electron chi connectivity index (χ4n) is 1.42. The summed E-state index contributed by atoms with van der Waals surface area (Å²) in [6, 6.07) is 1.93. The molecular formula is C12H22N2O. The van der Waals surface area contributed by atoms with Gasteiger partial charge in [0.15, 0.2) is 0 Å². The van der Waals surface area contributed by atoms with Gasteiger partial charge in [0.2, 0.25) is 5.91 Å². The molecule has 0 aromatic rings. The molecule has 86 valence electrons. The Morgan fingerprint density at radius 3 is 2.47 bits per heavy atom. The molecule has 0 aromatic carbocycles. The largest absolute Gasteiger partial charge is 0.330 e. The van der Waals surface area contributed by atoms with Gasteiger partial charge in [-0.05, 0) is 18.8 Å². The Balaban J connectivity index is 4.20. The molecule has 0 aliphatic rings. The molecule has 0 rings (SSSR count). The third-order valence-corrected chi connectivity index (χ3v) is 2.45. The SMILES string of the molecule is CCCCC(=O)N(C)C(C#N)CC(C)C. The molecule has 0 radical (unpaired) electrons. The highest BCUT2D eigenvalue weighted by Gasteiger charge is 2.19. The lowest BCUT2D eigenvalue weighted by atomic mass is 10.0. The van der Waals surface area contributed by atoms with Gasteiger partial charge in [-0.1, -0.05) is 27.2 Å². The van der Waals surface area contributed by atoms with Crippen molar-refractivity contribution in [2.75, 3.05) is 7.05 Å². The van der Waals surface area contributed by atoms with Crippen LogP contribution < -0.4 is 0 Å². The molecule has 0 heterocycles. The summed E-state index contributed by atoms with van der Waals surface area (Å²) >= 11 is 0.